The van der Waals surface area contributed by atoms with Crippen LogP contribution >= 0.6 is 11.8 Å². The van der Waals surface area contributed by atoms with Crippen LogP contribution in [0.3, 0.4) is 0 Å². The molecule has 0 spiro atoms. The average molecular weight is 438 g/mol. The lowest BCUT2D eigenvalue weighted by Gasteiger charge is -2.15. The first-order valence-electron chi connectivity index (χ1n) is 9.68. The monoisotopic (exact) mass is 437 g/mol. The molecule has 160 valence electrons. The number of methoxy groups -OCH3 is 2. The van der Waals surface area contributed by atoms with Crippen molar-refractivity contribution in [3.05, 3.63) is 59.0 Å². The van der Waals surface area contributed by atoms with Crippen molar-refractivity contribution in [3.63, 3.8) is 0 Å². The molecule has 0 aromatic heterocycles. The van der Waals surface area contributed by atoms with Crippen LogP contribution in [0.1, 0.15) is 12.0 Å². The predicted molar refractivity (Wildman–Crippen MR) is 121 cm³/mol. The Morgan fingerprint density at radius 3 is 2.68 bits per heavy atom. The van der Waals surface area contributed by atoms with Crippen molar-refractivity contribution in [2.24, 2.45) is 4.99 Å². The molecule has 7 nitrogen and oxygen atoms in total. The normalized spacial score (nSPS) is 16.0. The van der Waals surface area contributed by atoms with E-state index in [2.05, 4.69) is 4.99 Å². The Balaban J connectivity index is 1.88. The summed E-state index contributed by atoms with van der Waals surface area (Å²) in [5, 5.41) is 9.35. The second kappa shape index (κ2) is 11.2. The second-order valence-corrected chi connectivity index (χ2v) is 7.51. The van der Waals surface area contributed by atoms with Crippen LogP contribution in [0.25, 0.3) is 6.08 Å². The van der Waals surface area contributed by atoms with Gasteiger partial charge in [0.1, 0.15) is 6.07 Å². The molecule has 0 saturated carbocycles. The lowest BCUT2D eigenvalue weighted by Crippen LogP contribution is -2.30. The molecule has 0 radical (unpaired) electrons. The van der Waals surface area contributed by atoms with Crippen molar-refractivity contribution in [2.45, 2.75) is 6.42 Å². The van der Waals surface area contributed by atoms with Gasteiger partial charge in [0.2, 0.25) is 0 Å². The van der Waals surface area contributed by atoms with E-state index in [1.165, 1.54) is 18.9 Å². The molecular formula is C23H23N3O4S. The van der Waals surface area contributed by atoms with Crippen LogP contribution in [0, 0.1) is 11.3 Å². The van der Waals surface area contributed by atoms with Gasteiger partial charge in [-0.2, -0.15) is 5.26 Å². The molecule has 2 aromatic carbocycles. The maximum absolute atomic E-state index is 13.1. The molecule has 31 heavy (non-hydrogen) atoms. The SMILES string of the molecule is COCCCN1C(=O)/C(=C/c2ccc(OCC#N)c(OC)c2)SC1=Nc1ccccc1. The van der Waals surface area contributed by atoms with Crippen LogP contribution in [-0.2, 0) is 9.53 Å². The zero-order chi connectivity index (χ0) is 22.1. The van der Waals surface area contributed by atoms with Gasteiger partial charge in [-0.1, -0.05) is 24.3 Å². The van der Waals surface area contributed by atoms with E-state index >= 15 is 0 Å². The molecule has 1 fully saturated rings. The molecule has 0 unspecified atom stereocenters. The van der Waals surface area contributed by atoms with E-state index in [-0.39, 0.29) is 12.5 Å². The van der Waals surface area contributed by atoms with Gasteiger partial charge in [0.05, 0.1) is 17.7 Å². The predicted octanol–water partition coefficient (Wildman–Crippen LogP) is 4.24. The molecule has 1 aliphatic rings. The van der Waals surface area contributed by atoms with E-state index in [1.54, 1.807) is 30.2 Å². The number of carbonyl (C=O) groups is 1. The number of nitriles is 1. The Hall–Kier alpha value is -3.28. The number of rotatable bonds is 9. The van der Waals surface area contributed by atoms with Crippen LogP contribution in [-0.4, -0.2) is 50.0 Å². The highest BCUT2D eigenvalue weighted by Gasteiger charge is 2.33. The molecular weight excluding hydrogens is 414 g/mol. The first-order chi connectivity index (χ1) is 15.2. The Morgan fingerprint density at radius 2 is 1.97 bits per heavy atom. The molecule has 0 N–H and O–H groups in total. The van der Waals surface area contributed by atoms with Gasteiger partial charge in [0.25, 0.3) is 5.91 Å². The molecule has 1 aliphatic heterocycles. The van der Waals surface area contributed by atoms with Gasteiger partial charge >= 0.3 is 0 Å². The minimum atomic E-state index is -0.0976. The number of aliphatic imine (C=N–C) groups is 1. The quantitative estimate of drug-likeness (QED) is 0.431. The summed E-state index contributed by atoms with van der Waals surface area (Å²) in [5.41, 5.74) is 1.58. The largest absolute Gasteiger partial charge is 0.493 e. The summed E-state index contributed by atoms with van der Waals surface area (Å²) >= 11 is 1.34. The van der Waals surface area contributed by atoms with E-state index in [0.717, 1.165) is 11.3 Å². The molecule has 1 saturated heterocycles. The number of ether oxygens (including phenoxy) is 3. The van der Waals surface area contributed by atoms with Gasteiger partial charge in [0, 0.05) is 20.3 Å². The number of benzene rings is 2. The lowest BCUT2D eigenvalue weighted by molar-refractivity contribution is -0.122. The average Bonchev–Trinajstić information content (AvgIpc) is 3.07. The van der Waals surface area contributed by atoms with Crippen LogP contribution in [0.4, 0.5) is 5.69 Å². The molecule has 8 heteroatoms. The standard InChI is InChI=1S/C23H23N3O4S/c1-28-13-6-12-26-22(27)21(31-23(26)25-18-7-4-3-5-8-18)16-17-9-10-19(30-14-11-24)20(15-17)29-2/h3-5,7-10,15-16H,6,12-14H2,1-2H3/b21-16-,25-23?. The lowest BCUT2D eigenvalue weighted by atomic mass is 10.2. The van der Waals surface area contributed by atoms with E-state index < -0.39 is 0 Å². The van der Waals surface area contributed by atoms with Gasteiger partial charge in [-0.15, -0.1) is 0 Å². The number of carbonyl (C=O) groups excluding carboxylic acids is 1. The summed E-state index contributed by atoms with van der Waals surface area (Å²) in [7, 11) is 3.17. The van der Waals surface area contributed by atoms with Crippen LogP contribution in [0.5, 0.6) is 11.5 Å². The first-order valence-corrected chi connectivity index (χ1v) is 10.5. The third kappa shape index (κ3) is 5.87. The summed E-state index contributed by atoms with van der Waals surface area (Å²) in [6, 6.07) is 16.8. The Bertz CT molecular complexity index is 1020. The molecule has 1 amide bonds. The van der Waals surface area contributed by atoms with E-state index in [1.807, 2.05) is 42.5 Å². The first kappa shape index (κ1) is 22.4. The maximum atomic E-state index is 13.1. The molecule has 0 atom stereocenters. The second-order valence-electron chi connectivity index (χ2n) is 6.50. The van der Waals surface area contributed by atoms with Crippen molar-refractivity contribution < 1.29 is 19.0 Å². The topological polar surface area (TPSA) is 84.1 Å². The van der Waals surface area contributed by atoms with Crippen LogP contribution in [0.15, 0.2) is 58.4 Å². The van der Waals surface area contributed by atoms with Gasteiger partial charge in [-0.25, -0.2) is 4.99 Å². The van der Waals surface area contributed by atoms with Gasteiger partial charge in [-0.05, 0) is 54.1 Å². The van der Waals surface area contributed by atoms with Crippen molar-refractivity contribution in [1.82, 2.24) is 4.90 Å². The smallest absolute Gasteiger partial charge is 0.266 e. The number of nitrogens with zero attached hydrogens (tertiary/aromatic N) is 3. The zero-order valence-electron chi connectivity index (χ0n) is 17.4. The van der Waals surface area contributed by atoms with E-state index in [4.69, 9.17) is 19.5 Å². The minimum absolute atomic E-state index is 0.0686. The van der Waals surface area contributed by atoms with Crippen LogP contribution in [0.2, 0.25) is 0 Å². The molecule has 1 heterocycles. The molecule has 0 bridgehead atoms. The fourth-order valence-electron chi connectivity index (χ4n) is 2.92. The van der Waals surface area contributed by atoms with Gasteiger partial charge < -0.3 is 14.2 Å². The highest BCUT2D eigenvalue weighted by atomic mass is 32.2. The zero-order valence-corrected chi connectivity index (χ0v) is 18.2. The number of amidine groups is 1. The van der Waals surface area contributed by atoms with Crippen molar-refractivity contribution in [2.75, 3.05) is 34.0 Å². The number of thioether (sulfide) groups is 1. The van der Waals surface area contributed by atoms with E-state index in [9.17, 15) is 4.79 Å². The molecule has 3 rings (SSSR count). The van der Waals surface area contributed by atoms with Crippen LogP contribution < -0.4 is 9.47 Å². The highest BCUT2D eigenvalue weighted by molar-refractivity contribution is 8.18. The summed E-state index contributed by atoms with van der Waals surface area (Å²) in [4.78, 5) is 20.0. The van der Waals surface area contributed by atoms with Crippen molar-refractivity contribution in [3.8, 4) is 17.6 Å². The Morgan fingerprint density at radius 1 is 1.16 bits per heavy atom. The van der Waals surface area contributed by atoms with Crippen molar-refractivity contribution >= 4 is 34.6 Å². The summed E-state index contributed by atoms with van der Waals surface area (Å²) < 4.78 is 15.9. The van der Waals surface area contributed by atoms with Crippen molar-refractivity contribution in [1.29, 1.82) is 5.26 Å². The number of hydrogen-bond donors (Lipinski definition) is 0. The number of para-hydroxylation sites is 1. The van der Waals surface area contributed by atoms with E-state index in [0.29, 0.717) is 41.1 Å². The Labute approximate surface area is 185 Å². The maximum Gasteiger partial charge on any atom is 0.266 e. The summed E-state index contributed by atoms with van der Waals surface area (Å²) in [6.07, 6.45) is 2.52. The number of hydrogen-bond acceptors (Lipinski definition) is 7. The fourth-order valence-corrected chi connectivity index (χ4v) is 3.95. The fraction of sp³-hybridized carbons (Fsp3) is 0.261. The number of amides is 1. The molecule has 2 aromatic rings. The van der Waals surface area contributed by atoms with Gasteiger partial charge in [0.15, 0.2) is 23.3 Å². The highest BCUT2D eigenvalue weighted by Crippen LogP contribution is 2.36. The minimum Gasteiger partial charge on any atom is -0.493 e. The third-order valence-electron chi connectivity index (χ3n) is 4.38. The third-order valence-corrected chi connectivity index (χ3v) is 5.38. The Kier molecular flexibility index (Phi) is 8.10. The van der Waals surface area contributed by atoms with Gasteiger partial charge in [-0.3, -0.25) is 9.69 Å². The summed E-state index contributed by atoms with van der Waals surface area (Å²) in [5.74, 6) is 0.874. The molecule has 0 aliphatic carbocycles. The summed E-state index contributed by atoms with van der Waals surface area (Å²) in [6.45, 7) is 1.02.